The van der Waals surface area contributed by atoms with Crippen molar-refractivity contribution in [2.45, 2.75) is 106 Å². The molecule has 49 heavy (non-hydrogen) atoms. The van der Waals surface area contributed by atoms with Crippen molar-refractivity contribution in [1.29, 1.82) is 0 Å². The summed E-state index contributed by atoms with van der Waals surface area (Å²) in [6.07, 6.45) is 9.82. The van der Waals surface area contributed by atoms with Crippen molar-refractivity contribution in [2.75, 3.05) is 51.7 Å². The number of ether oxygens (including phenoxy) is 2. The van der Waals surface area contributed by atoms with E-state index in [1.54, 1.807) is 47.9 Å². The van der Waals surface area contributed by atoms with E-state index in [2.05, 4.69) is 33.9 Å². The van der Waals surface area contributed by atoms with Crippen molar-refractivity contribution in [3.05, 3.63) is 52.9 Å². The third-order valence-electron chi connectivity index (χ3n) is 11.4. The number of sulfonamides is 1. The molecule has 1 aliphatic carbocycles. The van der Waals surface area contributed by atoms with Crippen molar-refractivity contribution in [3.63, 3.8) is 0 Å². The Morgan fingerprint density at radius 2 is 1.65 bits per heavy atom. The molecule has 0 radical (unpaired) electrons. The lowest BCUT2D eigenvalue weighted by Gasteiger charge is -2.47. The Hall–Kier alpha value is -3.10. The van der Waals surface area contributed by atoms with E-state index in [1.165, 1.54) is 0 Å². The topological polar surface area (TPSA) is 122 Å². The predicted molar refractivity (Wildman–Crippen MR) is 190 cm³/mol. The van der Waals surface area contributed by atoms with E-state index >= 15 is 0 Å². The highest BCUT2D eigenvalue weighted by Gasteiger charge is 2.37. The van der Waals surface area contributed by atoms with Gasteiger partial charge in [-0.25, -0.2) is 13.4 Å². The lowest BCUT2D eigenvalue weighted by Crippen LogP contribution is -2.60. The molecule has 5 heterocycles. The fraction of sp³-hybridized carbons (Fsp3) is 0.639. The first-order valence-corrected chi connectivity index (χ1v) is 19.6. The summed E-state index contributed by atoms with van der Waals surface area (Å²) in [5.41, 5.74) is 0.637. The van der Waals surface area contributed by atoms with Crippen LogP contribution >= 0.6 is 0 Å². The number of piperidine rings is 2. The third kappa shape index (κ3) is 7.37. The molecule has 3 aromatic rings. The average Bonchev–Trinajstić information content (AvgIpc) is 3.64. The maximum atomic E-state index is 13.7. The first-order valence-electron chi connectivity index (χ1n) is 18.1. The van der Waals surface area contributed by atoms with Gasteiger partial charge < -0.3 is 14.8 Å². The van der Waals surface area contributed by atoms with Crippen LogP contribution in [0.5, 0.6) is 5.75 Å². The lowest BCUT2D eigenvalue weighted by atomic mass is 9.97. The van der Waals surface area contributed by atoms with Crippen LogP contribution in [0.3, 0.4) is 0 Å². The molecule has 4 aliphatic rings. The van der Waals surface area contributed by atoms with E-state index < -0.39 is 10.0 Å². The normalized spacial score (nSPS) is 22.7. The van der Waals surface area contributed by atoms with Gasteiger partial charge in [0, 0.05) is 94.3 Å². The second kappa shape index (κ2) is 14.6. The van der Waals surface area contributed by atoms with Gasteiger partial charge >= 0.3 is 0 Å². The molecular formula is C36H51N7O5S. The van der Waals surface area contributed by atoms with Gasteiger partial charge in [-0.05, 0) is 70.6 Å². The van der Waals surface area contributed by atoms with Crippen LogP contribution in [-0.4, -0.2) is 114 Å². The summed E-state index contributed by atoms with van der Waals surface area (Å²) in [5.74, 6) is 1.08. The molecule has 7 rings (SSSR count). The van der Waals surface area contributed by atoms with Gasteiger partial charge in [-0.2, -0.15) is 9.29 Å². The molecule has 1 unspecified atom stereocenters. The van der Waals surface area contributed by atoms with E-state index in [0.717, 1.165) is 70.1 Å². The Morgan fingerprint density at radius 3 is 2.37 bits per heavy atom. The smallest absolute Gasteiger partial charge is 0.252 e. The maximum Gasteiger partial charge on any atom is 0.252 e. The predicted octanol–water partition coefficient (Wildman–Crippen LogP) is 4.12. The van der Waals surface area contributed by atoms with Crippen molar-refractivity contribution >= 4 is 27.0 Å². The highest BCUT2D eigenvalue weighted by molar-refractivity contribution is 7.89. The van der Waals surface area contributed by atoms with Crippen LogP contribution in [0.1, 0.15) is 71.3 Å². The highest BCUT2D eigenvalue weighted by atomic mass is 32.2. The molecule has 0 amide bonds. The zero-order valence-electron chi connectivity index (χ0n) is 29.0. The molecule has 4 fully saturated rings. The highest BCUT2D eigenvalue weighted by Crippen LogP contribution is 2.31. The lowest BCUT2D eigenvalue weighted by molar-refractivity contribution is -0.0392. The van der Waals surface area contributed by atoms with Crippen molar-refractivity contribution in [1.82, 2.24) is 28.6 Å². The van der Waals surface area contributed by atoms with E-state index in [9.17, 15) is 13.2 Å². The first-order chi connectivity index (χ1) is 23.7. The molecule has 1 aromatic carbocycles. The number of methoxy groups -OCH3 is 1. The largest absolute Gasteiger partial charge is 0.488 e. The van der Waals surface area contributed by atoms with Crippen LogP contribution in [0.4, 0.5) is 5.95 Å². The van der Waals surface area contributed by atoms with Crippen molar-refractivity contribution in [3.8, 4) is 5.75 Å². The molecule has 3 aliphatic heterocycles. The standard InChI is InChI=1S/C36H51N7O5S/c1-25(26(2)47-3)40-17-15-29(16-18-40)41-23-32(24-41)48-31-9-6-10-33(21-31)49(45,46)42-19-13-28(14-20-42)38-36-37-22-27-11-12-34(44)43(35(27)39-36)30-7-4-5-8-30/h6,9-12,21-22,25-26,28-30,32H,4-5,7-8,13-20,23-24H2,1-3H3,(H,37,38,39)/t25-,26?/m0/s1. The third-order valence-corrected chi connectivity index (χ3v) is 13.3. The van der Waals surface area contributed by atoms with Gasteiger partial charge in [0.1, 0.15) is 17.5 Å². The number of hydrogen-bond donors (Lipinski definition) is 1. The molecule has 13 heteroatoms. The molecule has 1 N–H and O–H groups in total. The number of pyridine rings is 1. The molecule has 3 saturated heterocycles. The fourth-order valence-electron chi connectivity index (χ4n) is 8.09. The molecule has 2 atom stereocenters. The summed E-state index contributed by atoms with van der Waals surface area (Å²) < 4.78 is 42.6. The number of anilines is 1. The Balaban J connectivity index is 0.907. The molecule has 2 aromatic heterocycles. The van der Waals surface area contributed by atoms with Crippen molar-refractivity contribution in [2.24, 2.45) is 0 Å². The Kier molecular flexibility index (Phi) is 10.3. The Bertz CT molecular complexity index is 1760. The van der Waals surface area contributed by atoms with Gasteiger partial charge in [0.25, 0.3) is 5.56 Å². The Labute approximate surface area is 289 Å². The number of likely N-dealkylation sites (tertiary alicyclic amines) is 2. The molecule has 1 saturated carbocycles. The molecule has 0 spiro atoms. The zero-order valence-corrected chi connectivity index (χ0v) is 29.9. The summed E-state index contributed by atoms with van der Waals surface area (Å²) in [4.78, 5) is 27.4. The van der Waals surface area contributed by atoms with E-state index in [4.69, 9.17) is 14.5 Å². The van der Waals surface area contributed by atoms with Crippen LogP contribution in [0.25, 0.3) is 11.0 Å². The summed E-state index contributed by atoms with van der Waals surface area (Å²) in [6, 6.07) is 11.5. The average molecular weight is 694 g/mol. The quantitative estimate of drug-likeness (QED) is 0.314. The second-order valence-electron chi connectivity index (χ2n) is 14.4. The van der Waals surface area contributed by atoms with Gasteiger partial charge in [0.05, 0.1) is 11.0 Å². The van der Waals surface area contributed by atoms with Crippen LogP contribution in [0.2, 0.25) is 0 Å². The summed E-state index contributed by atoms with van der Waals surface area (Å²) in [5, 5.41) is 4.26. The number of nitrogens with one attached hydrogen (secondary N) is 1. The summed E-state index contributed by atoms with van der Waals surface area (Å²) in [7, 11) is -1.89. The molecule has 0 bridgehead atoms. The van der Waals surface area contributed by atoms with Gasteiger partial charge in [-0.1, -0.05) is 18.9 Å². The van der Waals surface area contributed by atoms with Crippen LogP contribution in [-0.2, 0) is 14.8 Å². The van der Waals surface area contributed by atoms with Gasteiger partial charge in [0.2, 0.25) is 16.0 Å². The number of hydrogen-bond acceptors (Lipinski definition) is 10. The van der Waals surface area contributed by atoms with Gasteiger partial charge in [-0.3, -0.25) is 19.2 Å². The zero-order chi connectivity index (χ0) is 34.1. The van der Waals surface area contributed by atoms with E-state index in [-0.39, 0.29) is 34.7 Å². The monoisotopic (exact) mass is 693 g/mol. The van der Waals surface area contributed by atoms with Crippen molar-refractivity contribution < 1.29 is 17.9 Å². The molecule has 12 nitrogen and oxygen atoms in total. The van der Waals surface area contributed by atoms with Gasteiger partial charge in [0.15, 0.2) is 0 Å². The van der Waals surface area contributed by atoms with Crippen LogP contribution in [0, 0.1) is 0 Å². The summed E-state index contributed by atoms with van der Waals surface area (Å²) >= 11 is 0. The van der Waals surface area contributed by atoms with Crippen LogP contribution in [0.15, 0.2) is 52.3 Å². The fourth-order valence-corrected chi connectivity index (χ4v) is 9.60. The number of benzene rings is 1. The van der Waals surface area contributed by atoms with E-state index in [0.29, 0.717) is 55.4 Å². The second-order valence-corrected chi connectivity index (χ2v) is 16.3. The number of nitrogens with zero attached hydrogens (tertiary/aromatic N) is 6. The maximum absolute atomic E-state index is 13.7. The summed E-state index contributed by atoms with van der Waals surface area (Å²) in [6.45, 7) is 9.06. The number of aromatic nitrogens is 3. The minimum Gasteiger partial charge on any atom is -0.488 e. The minimum atomic E-state index is -3.67. The number of fused-ring (bicyclic) bond motifs is 1. The molecular weight excluding hydrogens is 643 g/mol. The van der Waals surface area contributed by atoms with Crippen LogP contribution < -0.4 is 15.6 Å². The Morgan fingerprint density at radius 1 is 0.918 bits per heavy atom. The minimum absolute atomic E-state index is 0.0265. The first kappa shape index (κ1) is 34.4. The molecule has 266 valence electrons. The SMILES string of the molecule is COC(C)[C@H](C)N1CCC(N2CC(Oc3cccc(S(=O)(=O)N4CCC(Nc5ncc6ccc(=O)n(C7CCCC7)c6n5)CC4)c3)C2)CC1. The van der Waals surface area contributed by atoms with Gasteiger partial charge in [-0.15, -0.1) is 0 Å². The number of rotatable bonds is 11. The van der Waals surface area contributed by atoms with E-state index in [1.807, 2.05) is 10.6 Å².